The highest BCUT2D eigenvalue weighted by atomic mass is 16.5. The molecule has 1 nitrogen and oxygen atoms in total. The largest absolute Gasteiger partial charge is 0.377 e. The van der Waals surface area contributed by atoms with E-state index < -0.39 is 0 Å². The van der Waals surface area contributed by atoms with E-state index in [0.29, 0.717) is 16.9 Å². The summed E-state index contributed by atoms with van der Waals surface area (Å²) in [6.07, 6.45) is 11.5. The van der Waals surface area contributed by atoms with Crippen molar-refractivity contribution in [2.24, 2.45) is 34.5 Å². The van der Waals surface area contributed by atoms with Crippen molar-refractivity contribution in [2.75, 3.05) is 6.61 Å². The molecular weight excluding hydrogens is 196 g/mol. The van der Waals surface area contributed by atoms with E-state index in [0.717, 1.165) is 30.3 Å². The molecule has 1 heteroatoms. The summed E-state index contributed by atoms with van der Waals surface area (Å²) in [7, 11) is 0. The Morgan fingerprint density at radius 1 is 1.06 bits per heavy atom. The standard InChI is InChI=1S/C15H20O/c1-14-9-2-3-10(14)7-12-8-16-13-5-4-11(6-9)15(12,13)14/h2-3,9-13H,4-8H2,1H3/t9-,10+,11-,12+,13+,14+,15?/m0/s1. The van der Waals surface area contributed by atoms with Gasteiger partial charge in [-0.25, -0.2) is 0 Å². The molecule has 0 amide bonds. The average Bonchev–Trinajstić information content (AvgIpc) is 2.93. The maximum Gasteiger partial charge on any atom is 0.0643 e. The van der Waals surface area contributed by atoms with Gasteiger partial charge < -0.3 is 4.74 Å². The summed E-state index contributed by atoms with van der Waals surface area (Å²) < 4.78 is 6.18. The third-order valence-electron chi connectivity index (χ3n) is 7.29. The average molecular weight is 216 g/mol. The van der Waals surface area contributed by atoms with Gasteiger partial charge in [-0.2, -0.15) is 0 Å². The molecular formula is C15H20O. The van der Waals surface area contributed by atoms with Crippen LogP contribution in [0.5, 0.6) is 0 Å². The Morgan fingerprint density at radius 2 is 1.81 bits per heavy atom. The molecule has 4 aliphatic carbocycles. The summed E-state index contributed by atoms with van der Waals surface area (Å²) in [5.41, 5.74) is 1.19. The Bertz CT molecular complexity index is 368. The van der Waals surface area contributed by atoms with E-state index in [1.807, 2.05) is 0 Å². The summed E-state index contributed by atoms with van der Waals surface area (Å²) in [5, 5.41) is 0. The molecule has 5 aliphatic rings. The topological polar surface area (TPSA) is 9.23 Å². The first-order valence-corrected chi connectivity index (χ1v) is 7.08. The Morgan fingerprint density at radius 3 is 2.62 bits per heavy atom. The summed E-state index contributed by atoms with van der Waals surface area (Å²) in [6.45, 7) is 3.68. The molecule has 4 fully saturated rings. The van der Waals surface area contributed by atoms with Crippen molar-refractivity contribution in [3.63, 3.8) is 0 Å². The fourth-order valence-corrected chi connectivity index (χ4v) is 6.93. The SMILES string of the molecule is C[C@]12[C@@H]3C=C[C@H]1C[C@@H]1CC[C@H]4OC[C@@H](C3)C142. The smallest absolute Gasteiger partial charge is 0.0643 e. The maximum absolute atomic E-state index is 6.18. The van der Waals surface area contributed by atoms with Crippen LogP contribution in [0.2, 0.25) is 0 Å². The minimum atomic E-state index is 0.583. The third kappa shape index (κ3) is 0.580. The highest BCUT2D eigenvalue weighted by Gasteiger charge is 2.78. The molecule has 0 bridgehead atoms. The van der Waals surface area contributed by atoms with Crippen LogP contribution in [0.1, 0.15) is 32.6 Å². The van der Waals surface area contributed by atoms with Gasteiger partial charge in [0.1, 0.15) is 0 Å². The zero-order valence-electron chi connectivity index (χ0n) is 9.99. The monoisotopic (exact) mass is 216 g/mol. The molecule has 1 spiro atoms. The molecule has 1 unspecified atom stereocenters. The van der Waals surface area contributed by atoms with Crippen LogP contribution in [-0.2, 0) is 4.74 Å². The Labute approximate surface area is 97.2 Å². The summed E-state index contributed by atoms with van der Waals surface area (Å²) in [6, 6.07) is 0. The van der Waals surface area contributed by atoms with Gasteiger partial charge in [-0.3, -0.25) is 0 Å². The number of allylic oxidation sites excluding steroid dienone is 2. The van der Waals surface area contributed by atoms with Crippen molar-refractivity contribution < 1.29 is 4.74 Å². The zero-order chi connectivity index (χ0) is 10.5. The van der Waals surface area contributed by atoms with Gasteiger partial charge in [-0.05, 0) is 54.8 Å². The lowest BCUT2D eigenvalue weighted by molar-refractivity contribution is -0.0140. The molecule has 0 radical (unpaired) electrons. The van der Waals surface area contributed by atoms with E-state index in [4.69, 9.17) is 4.74 Å². The fraction of sp³-hybridized carbons (Fsp3) is 0.867. The number of rotatable bonds is 0. The van der Waals surface area contributed by atoms with E-state index in [9.17, 15) is 0 Å². The molecule has 1 aliphatic heterocycles. The normalized spacial score (nSPS) is 68.9. The van der Waals surface area contributed by atoms with E-state index >= 15 is 0 Å². The van der Waals surface area contributed by atoms with Crippen LogP contribution >= 0.6 is 0 Å². The molecule has 1 saturated heterocycles. The summed E-state index contributed by atoms with van der Waals surface area (Å²) in [5.74, 6) is 3.67. The number of hydrogen-bond donors (Lipinski definition) is 0. The van der Waals surface area contributed by atoms with Crippen molar-refractivity contribution in [3.05, 3.63) is 12.2 Å². The molecule has 0 N–H and O–H groups in total. The maximum atomic E-state index is 6.18. The van der Waals surface area contributed by atoms with E-state index in [-0.39, 0.29) is 0 Å². The van der Waals surface area contributed by atoms with Crippen molar-refractivity contribution in [1.29, 1.82) is 0 Å². The fourth-order valence-electron chi connectivity index (χ4n) is 6.93. The van der Waals surface area contributed by atoms with Gasteiger partial charge in [0, 0.05) is 5.41 Å². The van der Waals surface area contributed by atoms with Crippen molar-refractivity contribution in [2.45, 2.75) is 38.7 Å². The Kier molecular flexibility index (Phi) is 1.25. The molecule has 0 aromatic heterocycles. The van der Waals surface area contributed by atoms with E-state index in [1.165, 1.54) is 25.7 Å². The van der Waals surface area contributed by atoms with E-state index in [1.54, 1.807) is 0 Å². The quantitative estimate of drug-likeness (QED) is 0.566. The summed E-state index contributed by atoms with van der Waals surface area (Å²) >= 11 is 0. The van der Waals surface area contributed by atoms with Gasteiger partial charge in [-0.15, -0.1) is 0 Å². The van der Waals surface area contributed by atoms with Gasteiger partial charge in [-0.1, -0.05) is 19.1 Å². The van der Waals surface area contributed by atoms with Crippen molar-refractivity contribution >= 4 is 0 Å². The lowest BCUT2D eigenvalue weighted by Gasteiger charge is -2.43. The molecule has 86 valence electrons. The molecule has 0 aromatic carbocycles. The van der Waals surface area contributed by atoms with E-state index in [2.05, 4.69) is 19.1 Å². The zero-order valence-corrected chi connectivity index (χ0v) is 9.99. The lowest BCUT2D eigenvalue weighted by Crippen LogP contribution is -2.44. The van der Waals surface area contributed by atoms with Gasteiger partial charge in [0.05, 0.1) is 12.7 Å². The Balaban J connectivity index is 1.81. The second kappa shape index (κ2) is 2.29. The minimum absolute atomic E-state index is 0.583. The first-order chi connectivity index (χ1) is 7.78. The highest BCUT2D eigenvalue weighted by molar-refractivity contribution is 5.32. The number of ether oxygens (including phenoxy) is 1. The second-order valence-corrected chi connectivity index (χ2v) is 7.08. The first kappa shape index (κ1) is 8.74. The van der Waals surface area contributed by atoms with Crippen LogP contribution in [0.3, 0.4) is 0 Å². The first-order valence-electron chi connectivity index (χ1n) is 7.08. The summed E-state index contributed by atoms with van der Waals surface area (Å²) in [4.78, 5) is 0. The third-order valence-corrected chi connectivity index (χ3v) is 7.29. The van der Waals surface area contributed by atoms with Crippen LogP contribution in [-0.4, -0.2) is 12.7 Å². The van der Waals surface area contributed by atoms with Crippen molar-refractivity contribution in [1.82, 2.24) is 0 Å². The minimum Gasteiger partial charge on any atom is -0.377 e. The molecule has 0 aromatic rings. The van der Waals surface area contributed by atoms with Crippen LogP contribution in [0.4, 0.5) is 0 Å². The molecule has 16 heavy (non-hydrogen) atoms. The predicted octanol–water partition coefficient (Wildman–Crippen LogP) is 3.01. The number of hydrogen-bond acceptors (Lipinski definition) is 1. The van der Waals surface area contributed by atoms with Crippen LogP contribution in [0.25, 0.3) is 0 Å². The molecule has 7 atom stereocenters. The van der Waals surface area contributed by atoms with Gasteiger partial charge in [0.2, 0.25) is 0 Å². The van der Waals surface area contributed by atoms with Crippen LogP contribution in [0, 0.1) is 34.5 Å². The van der Waals surface area contributed by atoms with Crippen LogP contribution in [0.15, 0.2) is 12.2 Å². The van der Waals surface area contributed by atoms with Gasteiger partial charge in [0.15, 0.2) is 0 Å². The predicted molar refractivity (Wildman–Crippen MR) is 61.8 cm³/mol. The molecule has 3 saturated carbocycles. The van der Waals surface area contributed by atoms with Gasteiger partial charge in [0.25, 0.3) is 0 Å². The Hall–Kier alpha value is -0.300. The molecule has 5 rings (SSSR count). The van der Waals surface area contributed by atoms with Gasteiger partial charge >= 0.3 is 0 Å². The van der Waals surface area contributed by atoms with Crippen LogP contribution < -0.4 is 0 Å². The lowest BCUT2D eigenvalue weighted by atomic mass is 9.60. The molecule has 1 heterocycles. The van der Waals surface area contributed by atoms with Crippen molar-refractivity contribution in [3.8, 4) is 0 Å². The highest BCUT2D eigenvalue weighted by Crippen LogP contribution is 2.80. The second-order valence-electron chi connectivity index (χ2n) is 7.08.